The van der Waals surface area contributed by atoms with E-state index in [0.717, 1.165) is 0 Å². The summed E-state index contributed by atoms with van der Waals surface area (Å²) in [5.74, 6) is 0. The van der Waals surface area contributed by atoms with Crippen LogP contribution < -0.4 is 0 Å². The molecule has 3 saturated heterocycles. The van der Waals surface area contributed by atoms with Gasteiger partial charge in [0, 0.05) is 24.9 Å². The van der Waals surface area contributed by atoms with Crippen molar-refractivity contribution in [2.45, 2.75) is 134 Å². The molecule has 3 fully saturated rings. The van der Waals surface area contributed by atoms with Crippen LogP contribution in [0.15, 0.2) is 0 Å². The summed E-state index contributed by atoms with van der Waals surface area (Å²) in [7, 11) is -14.1. The molecule has 0 aliphatic carbocycles. The van der Waals surface area contributed by atoms with Crippen LogP contribution in [0.4, 0.5) is 0 Å². The predicted octanol–water partition coefficient (Wildman–Crippen LogP) is 5.00. The second kappa shape index (κ2) is 16.3. The number of rotatable bonds is 17. The van der Waals surface area contributed by atoms with E-state index >= 15 is 0 Å². The van der Waals surface area contributed by atoms with Gasteiger partial charge in [-0.2, -0.15) is 0 Å². The van der Waals surface area contributed by atoms with Gasteiger partial charge < -0.3 is 37.9 Å². The van der Waals surface area contributed by atoms with E-state index in [-0.39, 0.29) is 43.7 Å². The SMILES string of the molecule is CC(C)P(=O)(O)O[C@H]1C[C@H](C)O[C@@H]1COP(=O)(O)O[C@H]1C[C@H](C)O[C@@H]1COP(=O)(O)O[C@H]1C[C@H](C)O[C@@H]1COP(=O)(P)C(C)C. The normalized spacial score (nSPS) is 37.8. The summed E-state index contributed by atoms with van der Waals surface area (Å²) in [5.41, 5.74) is -0.903. The molecule has 0 spiro atoms. The highest BCUT2D eigenvalue weighted by molar-refractivity contribution is 8.15. The van der Waals surface area contributed by atoms with Gasteiger partial charge >= 0.3 is 23.2 Å². The van der Waals surface area contributed by atoms with E-state index in [1.807, 2.05) is 0 Å². The lowest BCUT2D eigenvalue weighted by Gasteiger charge is -2.26. The lowest BCUT2D eigenvalue weighted by Crippen LogP contribution is -2.31. The second-order valence-electron chi connectivity index (χ2n) is 12.3. The first-order valence-electron chi connectivity index (χ1n) is 14.9. The molecule has 266 valence electrons. The van der Waals surface area contributed by atoms with Gasteiger partial charge in [-0.3, -0.25) is 27.2 Å². The van der Waals surface area contributed by atoms with Crippen molar-refractivity contribution in [2.75, 3.05) is 19.8 Å². The van der Waals surface area contributed by atoms with E-state index in [9.17, 15) is 32.9 Å². The Hall–Kier alpha value is 0.870. The van der Waals surface area contributed by atoms with Crippen LogP contribution in [0.1, 0.15) is 67.7 Å². The number of phosphoric acid groups is 2. The van der Waals surface area contributed by atoms with E-state index in [0.29, 0.717) is 0 Å². The number of phosphoric ester groups is 2. The molecule has 3 heterocycles. The fraction of sp³-hybridized carbons (Fsp3) is 1.00. The Kier molecular flexibility index (Phi) is 14.6. The van der Waals surface area contributed by atoms with Crippen molar-refractivity contribution in [3.63, 3.8) is 0 Å². The molecule has 3 rings (SSSR count). The standard InChI is InChI=1S/C24H49O16P5/c1-14(2)42(25,26)38-19-8-16(5)36-23(19)12-33-44(28,29)40-21-10-18(7)37-24(21)13-34-45(30,31)39-20-9-17(6)35-22(20)11-32-43(27,41)15(3)4/h14-24H,8-13,41H2,1-7H3,(H,25,26)(H,28,29)(H,30,31)/t16-,17-,18-,19-,20-,21-,22+,23+,24+,43?/m0/s1. The van der Waals surface area contributed by atoms with Crippen molar-refractivity contribution in [1.29, 1.82) is 0 Å². The third-order valence-electron chi connectivity index (χ3n) is 7.60. The van der Waals surface area contributed by atoms with E-state index in [1.54, 1.807) is 48.5 Å². The molecule has 16 nitrogen and oxygen atoms in total. The van der Waals surface area contributed by atoms with Gasteiger partial charge in [-0.05, 0) is 29.7 Å². The van der Waals surface area contributed by atoms with Crippen molar-refractivity contribution in [3.05, 3.63) is 0 Å². The van der Waals surface area contributed by atoms with Gasteiger partial charge in [-0.15, -0.1) is 0 Å². The molecule has 0 aromatic heterocycles. The molecule has 0 amide bonds. The van der Waals surface area contributed by atoms with Crippen LogP contribution in [0.2, 0.25) is 0 Å². The van der Waals surface area contributed by atoms with Crippen molar-refractivity contribution in [2.24, 2.45) is 0 Å². The molecule has 21 heteroatoms. The van der Waals surface area contributed by atoms with Gasteiger partial charge in [0.15, 0.2) is 0 Å². The third-order valence-corrected chi connectivity index (χ3v) is 15.7. The van der Waals surface area contributed by atoms with Gasteiger partial charge in [0.25, 0.3) is 0 Å². The second-order valence-corrected chi connectivity index (χ2v) is 22.2. The first-order valence-corrected chi connectivity index (χ1v) is 22.9. The molecule has 0 bridgehead atoms. The van der Waals surface area contributed by atoms with E-state index in [4.69, 9.17) is 41.4 Å². The van der Waals surface area contributed by atoms with Gasteiger partial charge in [0.1, 0.15) is 30.5 Å². The fourth-order valence-electron chi connectivity index (χ4n) is 4.93. The van der Waals surface area contributed by atoms with Crippen molar-refractivity contribution in [3.8, 4) is 0 Å². The monoisotopic (exact) mass is 748 g/mol. The zero-order valence-corrected chi connectivity index (χ0v) is 31.3. The summed E-state index contributed by atoms with van der Waals surface area (Å²) < 4.78 is 99.9. The number of ether oxygens (including phenoxy) is 3. The minimum absolute atomic E-state index is 0.117. The van der Waals surface area contributed by atoms with Gasteiger partial charge in [-0.1, -0.05) is 27.7 Å². The first kappa shape index (κ1) is 40.3. The smallest absolute Gasteiger partial charge is 0.370 e. The van der Waals surface area contributed by atoms with Crippen LogP contribution >= 0.6 is 39.2 Å². The van der Waals surface area contributed by atoms with Crippen LogP contribution in [0.25, 0.3) is 0 Å². The Labute approximate surface area is 267 Å². The lowest BCUT2D eigenvalue weighted by molar-refractivity contribution is -0.0389. The van der Waals surface area contributed by atoms with Crippen LogP contribution in [-0.4, -0.2) is 101 Å². The molecule has 3 aliphatic rings. The topological polar surface area (TPSA) is 212 Å². The highest BCUT2D eigenvalue weighted by Crippen LogP contribution is 2.60. The molecule has 3 N–H and O–H groups in total. The molecular formula is C24H49O16P5. The number of hydrogen-bond acceptors (Lipinski definition) is 13. The minimum atomic E-state index is -4.73. The fourth-order valence-corrected chi connectivity index (χ4v) is 8.64. The first-order chi connectivity index (χ1) is 20.6. The average molecular weight is 749 g/mol. The molecule has 0 saturated carbocycles. The van der Waals surface area contributed by atoms with Crippen molar-refractivity contribution >= 4 is 39.2 Å². The Morgan fingerprint density at radius 1 is 0.622 bits per heavy atom. The summed E-state index contributed by atoms with van der Waals surface area (Å²) in [4.78, 5) is 31.1. The average Bonchev–Trinajstić information content (AvgIpc) is 3.54. The van der Waals surface area contributed by atoms with E-state index < -0.39 is 91.9 Å². The van der Waals surface area contributed by atoms with Crippen LogP contribution in [0.5, 0.6) is 0 Å². The molecule has 3 aliphatic heterocycles. The van der Waals surface area contributed by atoms with Crippen LogP contribution in [0, 0.1) is 0 Å². The van der Waals surface area contributed by atoms with Crippen molar-refractivity contribution < 1.29 is 74.3 Å². The number of hydrogen-bond donors (Lipinski definition) is 3. The maximum atomic E-state index is 12.9. The Morgan fingerprint density at radius 2 is 0.956 bits per heavy atom. The Bertz CT molecular complexity index is 1170. The zero-order valence-electron chi connectivity index (χ0n) is 26.6. The van der Waals surface area contributed by atoms with Crippen LogP contribution in [0.3, 0.4) is 0 Å². The Morgan fingerprint density at radius 3 is 1.29 bits per heavy atom. The predicted molar refractivity (Wildman–Crippen MR) is 166 cm³/mol. The molecule has 5 unspecified atom stereocenters. The maximum absolute atomic E-state index is 12.9. The van der Waals surface area contributed by atoms with Crippen molar-refractivity contribution in [1.82, 2.24) is 0 Å². The lowest BCUT2D eigenvalue weighted by atomic mass is 10.1. The van der Waals surface area contributed by atoms with E-state index in [2.05, 4.69) is 8.93 Å². The molecule has 0 aromatic carbocycles. The summed E-state index contributed by atoms with van der Waals surface area (Å²) in [6.07, 6.45) is -5.85. The van der Waals surface area contributed by atoms with Gasteiger partial charge in [0.2, 0.25) is 7.06 Å². The molecule has 0 radical (unpaired) electrons. The molecular weight excluding hydrogens is 699 g/mol. The quantitative estimate of drug-likeness (QED) is 0.167. The molecule has 0 aromatic rings. The summed E-state index contributed by atoms with van der Waals surface area (Å²) in [6.45, 7) is 10.7. The highest BCUT2D eigenvalue weighted by atomic mass is 32.0. The van der Waals surface area contributed by atoms with Crippen LogP contribution in [-0.2, 0) is 59.6 Å². The summed E-state index contributed by atoms with van der Waals surface area (Å²) in [5, 5.41) is 0. The third kappa shape index (κ3) is 12.3. The summed E-state index contributed by atoms with van der Waals surface area (Å²) in [6, 6.07) is 0. The van der Waals surface area contributed by atoms with Gasteiger partial charge in [0.05, 0.1) is 49.9 Å². The highest BCUT2D eigenvalue weighted by Gasteiger charge is 2.45. The zero-order chi connectivity index (χ0) is 34.0. The van der Waals surface area contributed by atoms with E-state index in [1.165, 1.54) is 0 Å². The maximum Gasteiger partial charge on any atom is 0.472 e. The molecule has 45 heavy (non-hydrogen) atoms. The molecule has 14 atom stereocenters. The summed E-state index contributed by atoms with van der Waals surface area (Å²) >= 11 is 0. The minimum Gasteiger partial charge on any atom is -0.370 e. The van der Waals surface area contributed by atoms with Gasteiger partial charge in [-0.25, -0.2) is 9.13 Å². The largest absolute Gasteiger partial charge is 0.472 e. The Balaban J connectivity index is 1.54.